The summed E-state index contributed by atoms with van der Waals surface area (Å²) in [4.78, 5) is 18.5. The highest BCUT2D eigenvalue weighted by Crippen LogP contribution is 2.39. The largest absolute Gasteiger partial charge is 0.497 e. The van der Waals surface area contributed by atoms with Gasteiger partial charge in [-0.1, -0.05) is 79.6 Å². The van der Waals surface area contributed by atoms with Crippen LogP contribution in [0.3, 0.4) is 0 Å². The number of methoxy groups -OCH3 is 1. The number of hydrogen-bond acceptors (Lipinski definition) is 10. The molecule has 1 fully saturated rings. The fourth-order valence-electron chi connectivity index (χ4n) is 7.79. The highest BCUT2D eigenvalue weighted by molar-refractivity contribution is 7.93. The van der Waals surface area contributed by atoms with Gasteiger partial charge in [0.15, 0.2) is 0 Å². The van der Waals surface area contributed by atoms with Gasteiger partial charge in [-0.15, -0.1) is 0 Å². The van der Waals surface area contributed by atoms with Crippen LogP contribution >= 0.6 is 11.5 Å². The van der Waals surface area contributed by atoms with Crippen LogP contribution in [-0.4, -0.2) is 54.6 Å². The normalized spacial score (nSPS) is 13.3. The van der Waals surface area contributed by atoms with Crippen molar-refractivity contribution in [2.75, 3.05) is 24.5 Å². The topological polar surface area (TPSA) is 135 Å². The van der Waals surface area contributed by atoms with Gasteiger partial charge in [-0.25, -0.2) is 22.5 Å². The Kier molecular flexibility index (Phi) is 14.1. The molecule has 0 bridgehead atoms. The number of aryl methyl sites for hydroxylation is 2. The Bertz CT molecular complexity index is 2670. The molecule has 1 aliphatic rings. The summed E-state index contributed by atoms with van der Waals surface area (Å²) in [7, 11) is -2.63. The lowest BCUT2D eigenvalue weighted by Gasteiger charge is -2.33. The minimum Gasteiger partial charge on any atom is -0.497 e. The molecular weight excluding hydrogens is 831 g/mol. The highest BCUT2D eigenvalue weighted by atomic mass is 32.2. The first kappa shape index (κ1) is 44.8. The molecule has 13 heteroatoms. The lowest BCUT2D eigenvalue weighted by molar-refractivity contribution is 0.0180. The molecule has 1 amide bonds. The Morgan fingerprint density at radius 1 is 0.889 bits per heavy atom. The van der Waals surface area contributed by atoms with Gasteiger partial charge in [0, 0.05) is 30.2 Å². The van der Waals surface area contributed by atoms with Crippen molar-refractivity contribution >= 4 is 32.8 Å². The Hall–Kier alpha value is -6.23. The molecule has 0 N–H and O–H groups in total. The third-order valence-electron chi connectivity index (χ3n) is 11.2. The van der Waals surface area contributed by atoms with Gasteiger partial charge in [0.25, 0.3) is 10.0 Å². The Balaban J connectivity index is 1.09. The fourth-order valence-corrected chi connectivity index (χ4v) is 9.95. The number of carbonyl (C=O) groups is 1. The van der Waals surface area contributed by atoms with Gasteiger partial charge in [-0.05, 0) is 135 Å². The number of anilines is 1. The number of sulfonamides is 1. The molecule has 63 heavy (non-hydrogen) atoms. The van der Waals surface area contributed by atoms with E-state index in [1.165, 1.54) is 34.4 Å². The molecule has 7 rings (SSSR count). The summed E-state index contributed by atoms with van der Waals surface area (Å²) in [5, 5.41) is 10.6. The van der Waals surface area contributed by atoms with Crippen LogP contribution in [0.5, 0.6) is 17.2 Å². The van der Waals surface area contributed by atoms with Gasteiger partial charge in [-0.3, -0.25) is 0 Å². The van der Waals surface area contributed by atoms with Crippen LogP contribution in [0.4, 0.5) is 9.93 Å². The minimum atomic E-state index is -4.21. The van der Waals surface area contributed by atoms with Crippen LogP contribution in [-0.2, 0) is 27.7 Å². The van der Waals surface area contributed by atoms with Crippen molar-refractivity contribution in [3.8, 4) is 45.6 Å². The summed E-state index contributed by atoms with van der Waals surface area (Å²) >= 11 is 0.970. The molecule has 6 aromatic rings. The first-order valence-corrected chi connectivity index (χ1v) is 23.4. The van der Waals surface area contributed by atoms with E-state index in [-0.39, 0.29) is 34.0 Å². The molecule has 0 saturated carbocycles. The zero-order chi connectivity index (χ0) is 44.6. The molecule has 5 aromatic carbocycles. The van der Waals surface area contributed by atoms with Crippen LogP contribution in [0.1, 0.15) is 75.1 Å². The predicted molar refractivity (Wildman–Crippen MR) is 248 cm³/mol. The fraction of sp³-hybridized carbons (Fsp3) is 0.320. The highest BCUT2D eigenvalue weighted by Gasteiger charge is 2.30. The second-order valence-electron chi connectivity index (χ2n) is 16.8. The van der Waals surface area contributed by atoms with Gasteiger partial charge in [0.05, 0.1) is 24.1 Å². The minimum absolute atomic E-state index is 0.000432. The number of likely N-dealkylation sites (tertiary alicyclic amines) is 1. The van der Waals surface area contributed by atoms with Crippen LogP contribution in [0.15, 0.2) is 120 Å². The van der Waals surface area contributed by atoms with Gasteiger partial charge in [0.1, 0.15) is 35.2 Å². The predicted octanol–water partition coefficient (Wildman–Crippen LogP) is 11.6. The van der Waals surface area contributed by atoms with E-state index in [2.05, 4.69) is 57.9 Å². The van der Waals surface area contributed by atoms with Gasteiger partial charge in [-0.2, -0.15) is 9.64 Å². The third-order valence-corrected chi connectivity index (χ3v) is 13.8. The number of amides is 1. The maximum Gasteiger partial charge on any atom is 0.410 e. The van der Waals surface area contributed by atoms with Crippen molar-refractivity contribution in [2.24, 2.45) is 5.92 Å². The molecule has 1 saturated heterocycles. The van der Waals surface area contributed by atoms with E-state index in [4.69, 9.17) is 14.2 Å². The lowest BCUT2D eigenvalue weighted by atomic mass is 9.90. The molecule has 0 atom stereocenters. The first-order valence-electron chi connectivity index (χ1n) is 21.2. The van der Waals surface area contributed by atoms with Crippen LogP contribution in [0.25, 0.3) is 22.3 Å². The smallest absolute Gasteiger partial charge is 0.410 e. The van der Waals surface area contributed by atoms with Crippen molar-refractivity contribution in [2.45, 2.75) is 83.3 Å². The molecule has 0 unspecified atom stereocenters. The summed E-state index contributed by atoms with van der Waals surface area (Å²) in [6, 6.07) is 36.6. The lowest BCUT2D eigenvalue weighted by Crippen LogP contribution is -2.41. The van der Waals surface area contributed by atoms with E-state index in [1.54, 1.807) is 13.2 Å². The van der Waals surface area contributed by atoms with Gasteiger partial charge in [0.2, 0.25) is 5.13 Å². The Morgan fingerprint density at radius 3 is 2.35 bits per heavy atom. The van der Waals surface area contributed by atoms with E-state index in [0.717, 1.165) is 96.5 Å². The third kappa shape index (κ3) is 11.2. The second kappa shape index (κ2) is 19.9. The molecule has 0 aliphatic carbocycles. The maximum atomic E-state index is 14.4. The van der Waals surface area contributed by atoms with E-state index < -0.39 is 15.6 Å². The average molecular weight is 884 g/mol. The van der Waals surface area contributed by atoms with E-state index in [1.807, 2.05) is 75.1 Å². The quantitative estimate of drug-likeness (QED) is 0.0923. The first-order chi connectivity index (χ1) is 30.3. The van der Waals surface area contributed by atoms with Crippen molar-refractivity contribution in [1.82, 2.24) is 14.3 Å². The summed E-state index contributed by atoms with van der Waals surface area (Å²) in [5.41, 5.74) is 6.26. The van der Waals surface area contributed by atoms with Gasteiger partial charge >= 0.3 is 6.09 Å². The van der Waals surface area contributed by atoms with Crippen LogP contribution in [0, 0.1) is 24.2 Å². The van der Waals surface area contributed by atoms with E-state index >= 15 is 0 Å². The number of nitrogens with zero attached hydrogens (tertiary/aromatic N) is 5. The summed E-state index contributed by atoms with van der Waals surface area (Å²) < 4.78 is 51.5. The summed E-state index contributed by atoms with van der Waals surface area (Å²) in [6.45, 7) is 9.06. The maximum absolute atomic E-state index is 14.4. The number of aromatic nitrogens is 2. The molecule has 11 nitrogen and oxygen atoms in total. The van der Waals surface area contributed by atoms with Crippen molar-refractivity contribution in [3.05, 3.63) is 138 Å². The molecule has 326 valence electrons. The average Bonchev–Trinajstić information content (AvgIpc) is 3.82. The summed E-state index contributed by atoms with van der Waals surface area (Å²) in [5.74, 6) is 2.02. The van der Waals surface area contributed by atoms with E-state index in [0.29, 0.717) is 17.4 Å². The molecular formula is C50H53N5O6S2. The van der Waals surface area contributed by atoms with Crippen LogP contribution < -0.4 is 13.8 Å². The summed E-state index contributed by atoms with van der Waals surface area (Å²) in [6.07, 6.45) is 7.27. The number of rotatable bonds is 15. The number of piperidine rings is 1. The monoisotopic (exact) mass is 883 g/mol. The SMILES string of the molecule is COc1ccc(CN(c2ncns2)S(=O)(=O)c2ccc(Oc3ccc(-c4ccccc4)cc3-c3cccc(CCCCC4CCN(C(=O)OC(C)(C)C)CC4)c3)c(C#N)c2)c(C)c1. The molecule has 0 radical (unpaired) electrons. The standard InChI is InChI=1S/C50H53N5O6S2/c1-35-28-43(59-5)20-18-41(35)33-55(48-52-34-53-62-48)63(57,58)44-21-23-46(42(30-44)32-51)60-47-22-19-39(38-15-7-6-8-16-38)31-45(47)40-17-11-14-37(29-40)13-10-9-12-36-24-26-54(27-25-36)49(56)61-50(2,3)4/h6-8,11,14-23,28-31,34,36H,9-10,12-13,24-27,33H2,1-5H3. The molecule has 1 aromatic heterocycles. The number of unbranched alkanes of at least 4 members (excludes halogenated alkanes) is 1. The number of benzene rings is 5. The second-order valence-corrected chi connectivity index (χ2v) is 19.5. The molecule has 2 heterocycles. The Labute approximate surface area is 375 Å². The molecule has 1 aliphatic heterocycles. The zero-order valence-electron chi connectivity index (χ0n) is 36.4. The number of hydrogen-bond donors (Lipinski definition) is 0. The Morgan fingerprint density at radius 2 is 1.65 bits per heavy atom. The van der Waals surface area contributed by atoms with Crippen molar-refractivity contribution < 1.29 is 27.4 Å². The van der Waals surface area contributed by atoms with Crippen LogP contribution in [0.2, 0.25) is 0 Å². The van der Waals surface area contributed by atoms with Crippen molar-refractivity contribution in [1.29, 1.82) is 5.26 Å². The van der Waals surface area contributed by atoms with Gasteiger partial charge < -0.3 is 19.1 Å². The molecule has 0 spiro atoms. The van der Waals surface area contributed by atoms with E-state index in [9.17, 15) is 18.5 Å². The number of nitriles is 1. The zero-order valence-corrected chi connectivity index (χ0v) is 38.0. The number of carbonyl (C=O) groups excluding carboxylic acids is 1. The van der Waals surface area contributed by atoms with Crippen molar-refractivity contribution in [3.63, 3.8) is 0 Å². The number of ether oxygens (including phenoxy) is 3.